The molecule has 0 radical (unpaired) electrons. The molecule has 4 aliphatic carbocycles. The van der Waals surface area contributed by atoms with Crippen molar-refractivity contribution in [2.75, 3.05) is 0 Å². The molecule has 0 aromatic heterocycles. The summed E-state index contributed by atoms with van der Waals surface area (Å²) in [6.45, 7) is 9.30. The molecule has 3 saturated carbocycles. The highest BCUT2D eigenvalue weighted by Crippen LogP contribution is 2.68. The molecule has 9 heteroatoms. The fourth-order valence-corrected chi connectivity index (χ4v) is 9.16. The van der Waals surface area contributed by atoms with Crippen molar-refractivity contribution in [1.82, 2.24) is 0 Å². The quantitative estimate of drug-likeness (QED) is 0.429. The van der Waals surface area contributed by atoms with Crippen molar-refractivity contribution in [3.63, 3.8) is 0 Å². The zero-order valence-corrected chi connectivity index (χ0v) is 23.1. The Labute approximate surface area is 214 Å². The number of hydrogen-bond donors (Lipinski definition) is 3. The maximum atomic E-state index is 13.3. The van der Waals surface area contributed by atoms with Crippen LogP contribution in [0, 0.1) is 34.5 Å². The monoisotopic (exact) mass is 526 g/mol. The zero-order valence-electron chi connectivity index (χ0n) is 22.2. The van der Waals surface area contributed by atoms with Crippen molar-refractivity contribution in [2.45, 2.75) is 116 Å². The number of aliphatic hydroxyl groups excluding tert-OH is 1. The van der Waals surface area contributed by atoms with E-state index in [4.69, 9.17) is 4.52 Å². The lowest BCUT2D eigenvalue weighted by Gasteiger charge is -2.60. The molecular weight excluding hydrogens is 483 g/mol. The van der Waals surface area contributed by atoms with E-state index in [0.29, 0.717) is 32.1 Å². The highest BCUT2D eigenvalue weighted by Gasteiger charge is 2.66. The number of hydrogen-bond acceptors (Lipinski definition) is 8. The topological polar surface area (TPSA) is 150 Å². The SMILES string of the molecule is C[C@@H]([C@H]1CC[C@@]2(O)C3=CC(=O)[C@@H]4C[C@@H](O)CC[C@]4(C)[C@H]3CC[C@]12C)[C@@H](CCC(C)(C)O)OP(=O)([O-])[O-]. The van der Waals surface area contributed by atoms with Gasteiger partial charge in [0.1, 0.15) is 0 Å². The fourth-order valence-electron chi connectivity index (χ4n) is 8.53. The van der Waals surface area contributed by atoms with E-state index in [1.54, 1.807) is 19.9 Å². The van der Waals surface area contributed by atoms with E-state index in [9.17, 15) is 34.5 Å². The van der Waals surface area contributed by atoms with Crippen LogP contribution in [0.4, 0.5) is 0 Å². The van der Waals surface area contributed by atoms with Crippen molar-refractivity contribution in [3.8, 4) is 0 Å². The van der Waals surface area contributed by atoms with E-state index in [-0.39, 0.29) is 47.7 Å². The van der Waals surface area contributed by atoms with E-state index in [1.165, 1.54) is 0 Å². The molecule has 4 rings (SSSR count). The minimum atomic E-state index is -5.26. The molecule has 9 atom stereocenters. The maximum Gasteiger partial charge on any atom is 0.159 e. The Hall–Kier alpha value is -0.600. The molecule has 4 aliphatic rings. The molecule has 0 aliphatic heterocycles. The summed E-state index contributed by atoms with van der Waals surface area (Å²) < 4.78 is 16.6. The van der Waals surface area contributed by atoms with Gasteiger partial charge in [-0.25, -0.2) is 0 Å². The van der Waals surface area contributed by atoms with E-state index >= 15 is 0 Å². The molecule has 36 heavy (non-hydrogen) atoms. The summed E-state index contributed by atoms with van der Waals surface area (Å²) in [5, 5.41) is 32.7. The van der Waals surface area contributed by atoms with Gasteiger partial charge < -0.3 is 34.2 Å². The average molecular weight is 527 g/mol. The van der Waals surface area contributed by atoms with Gasteiger partial charge in [0.2, 0.25) is 0 Å². The van der Waals surface area contributed by atoms with Crippen molar-refractivity contribution < 1.29 is 39.0 Å². The number of aliphatic hydroxyl groups is 3. The van der Waals surface area contributed by atoms with Gasteiger partial charge in [0.05, 0.1) is 31.2 Å². The maximum absolute atomic E-state index is 13.3. The zero-order chi connectivity index (χ0) is 26.9. The normalized spacial score (nSPS) is 42.7. The average Bonchev–Trinajstić information content (AvgIpc) is 3.02. The van der Waals surface area contributed by atoms with Crippen LogP contribution in [0.1, 0.15) is 92.4 Å². The lowest BCUT2D eigenvalue weighted by Crippen LogP contribution is -2.59. The molecule has 0 aromatic carbocycles. The number of allylic oxidation sites excluding steroid dienone is 1. The second-order valence-electron chi connectivity index (χ2n) is 13.3. The summed E-state index contributed by atoms with van der Waals surface area (Å²) >= 11 is 0. The molecule has 0 saturated heterocycles. The number of phosphoric ester groups is 1. The second kappa shape index (κ2) is 9.25. The second-order valence-corrected chi connectivity index (χ2v) is 14.4. The third kappa shape index (κ3) is 4.81. The Morgan fingerprint density at radius 1 is 1.17 bits per heavy atom. The van der Waals surface area contributed by atoms with Crippen molar-refractivity contribution >= 4 is 13.6 Å². The smallest absolute Gasteiger partial charge is 0.159 e. The van der Waals surface area contributed by atoms with E-state index < -0.39 is 36.6 Å². The number of fused-ring (bicyclic) bond motifs is 5. The van der Waals surface area contributed by atoms with Crippen LogP contribution in [0.15, 0.2) is 11.6 Å². The largest absolute Gasteiger partial charge is 0.790 e. The van der Waals surface area contributed by atoms with E-state index in [0.717, 1.165) is 18.4 Å². The summed E-state index contributed by atoms with van der Waals surface area (Å²) in [5.74, 6) is -0.669. The number of carbonyl (C=O) groups excluding carboxylic acids is 1. The van der Waals surface area contributed by atoms with Gasteiger partial charge in [0, 0.05) is 11.3 Å². The Morgan fingerprint density at radius 3 is 2.44 bits per heavy atom. The Morgan fingerprint density at radius 2 is 1.83 bits per heavy atom. The van der Waals surface area contributed by atoms with Crippen LogP contribution in [0.5, 0.6) is 0 Å². The molecule has 206 valence electrons. The van der Waals surface area contributed by atoms with Crippen molar-refractivity contribution in [2.24, 2.45) is 34.5 Å². The highest BCUT2D eigenvalue weighted by atomic mass is 31.2. The first kappa shape index (κ1) is 28.4. The van der Waals surface area contributed by atoms with Crippen LogP contribution < -0.4 is 9.79 Å². The van der Waals surface area contributed by atoms with E-state index in [2.05, 4.69) is 6.92 Å². The van der Waals surface area contributed by atoms with Crippen LogP contribution >= 0.6 is 7.82 Å². The van der Waals surface area contributed by atoms with Crippen LogP contribution in [-0.4, -0.2) is 44.5 Å². The standard InChI is InChI=1S/C27H45O8P/c1-16(23(35-36(32,33)34)9-10-24(2,3)30)18-8-13-27(31)20-15-22(29)21-14-17(28)6-11-25(21,4)19(20)7-12-26(18,27)5/h15-19,21,23,28,30-31H,6-14H2,1-5H3,(H2,32,33,34)/p-2/t16-,17-,18+,19-,21-,23+,25+,26+,27+/m0/s1. The minimum absolute atomic E-state index is 0.0123. The predicted octanol–water partition coefficient (Wildman–Crippen LogP) is 2.62. The fraction of sp³-hybridized carbons (Fsp3) is 0.889. The van der Waals surface area contributed by atoms with Crippen LogP contribution in [0.25, 0.3) is 0 Å². The first-order valence-electron chi connectivity index (χ1n) is 13.5. The molecular formula is C27H43O8P-2. The highest BCUT2D eigenvalue weighted by molar-refractivity contribution is 7.43. The minimum Gasteiger partial charge on any atom is -0.790 e. The number of rotatable bonds is 7. The summed E-state index contributed by atoms with van der Waals surface area (Å²) in [5.41, 5.74) is -2.34. The predicted molar refractivity (Wildman–Crippen MR) is 130 cm³/mol. The lowest BCUT2D eigenvalue weighted by molar-refractivity contribution is -0.346. The van der Waals surface area contributed by atoms with Gasteiger partial charge in [-0.1, -0.05) is 20.8 Å². The molecule has 8 nitrogen and oxygen atoms in total. The summed E-state index contributed by atoms with van der Waals surface area (Å²) in [7, 11) is -5.26. The molecule has 3 N–H and O–H groups in total. The molecule has 0 amide bonds. The molecule has 0 aromatic rings. The first-order chi connectivity index (χ1) is 16.4. The summed E-state index contributed by atoms with van der Waals surface area (Å²) in [4.78, 5) is 36.5. The molecule has 0 unspecified atom stereocenters. The molecule has 0 heterocycles. The van der Waals surface area contributed by atoms with Gasteiger partial charge in [-0.05, 0) is 106 Å². The Kier molecular flexibility index (Phi) is 7.30. The number of phosphoric acid groups is 1. The van der Waals surface area contributed by atoms with Crippen LogP contribution in [0.2, 0.25) is 0 Å². The third-order valence-corrected chi connectivity index (χ3v) is 11.2. The van der Waals surface area contributed by atoms with Crippen molar-refractivity contribution in [3.05, 3.63) is 11.6 Å². The van der Waals surface area contributed by atoms with Crippen molar-refractivity contribution in [1.29, 1.82) is 0 Å². The number of ketones is 1. The lowest BCUT2D eigenvalue weighted by atomic mass is 9.46. The van der Waals surface area contributed by atoms with Crippen LogP contribution in [0.3, 0.4) is 0 Å². The van der Waals surface area contributed by atoms with Gasteiger partial charge in [0.15, 0.2) is 5.78 Å². The van der Waals surface area contributed by atoms with Gasteiger partial charge in [-0.3, -0.25) is 4.79 Å². The number of carbonyl (C=O) groups is 1. The summed E-state index contributed by atoms with van der Waals surface area (Å²) in [6.07, 6.45) is 5.24. The Bertz CT molecular complexity index is 952. The molecule has 0 bridgehead atoms. The molecule has 3 fully saturated rings. The van der Waals surface area contributed by atoms with Gasteiger partial charge in [0.25, 0.3) is 0 Å². The van der Waals surface area contributed by atoms with Gasteiger partial charge >= 0.3 is 0 Å². The summed E-state index contributed by atoms with van der Waals surface area (Å²) in [6, 6.07) is 0. The van der Waals surface area contributed by atoms with E-state index in [1.807, 2.05) is 13.8 Å². The Balaban J connectivity index is 1.65. The van der Waals surface area contributed by atoms with Gasteiger partial charge in [-0.2, -0.15) is 0 Å². The third-order valence-electron chi connectivity index (χ3n) is 10.7. The first-order valence-corrected chi connectivity index (χ1v) is 15.0. The molecule has 0 spiro atoms. The van der Waals surface area contributed by atoms with Gasteiger partial charge in [-0.15, -0.1) is 0 Å². The van der Waals surface area contributed by atoms with Crippen LogP contribution in [-0.2, 0) is 13.9 Å².